The van der Waals surface area contributed by atoms with Gasteiger partial charge in [0.05, 0.1) is 22.6 Å². The van der Waals surface area contributed by atoms with Gasteiger partial charge in [0, 0.05) is 5.69 Å². The molecule has 6 heteroatoms. The summed E-state index contributed by atoms with van der Waals surface area (Å²) in [7, 11) is 0. The van der Waals surface area contributed by atoms with Gasteiger partial charge >= 0.3 is 0 Å². The predicted octanol–water partition coefficient (Wildman–Crippen LogP) is 5.04. The number of rotatable bonds is 6. The van der Waals surface area contributed by atoms with E-state index in [4.69, 9.17) is 4.74 Å². The van der Waals surface area contributed by atoms with Gasteiger partial charge in [-0.1, -0.05) is 23.9 Å². The molecule has 0 aliphatic carbocycles. The van der Waals surface area contributed by atoms with E-state index in [0.29, 0.717) is 12.4 Å². The lowest BCUT2D eigenvalue weighted by Gasteiger charge is -2.08. The molecular formula is C19H20N2O2S2. The zero-order chi connectivity index (χ0) is 17.8. The number of carbonyl (C=O) groups is 1. The van der Waals surface area contributed by atoms with Crippen molar-refractivity contribution in [2.45, 2.75) is 25.1 Å². The third-order valence-electron chi connectivity index (χ3n) is 3.65. The third kappa shape index (κ3) is 4.52. The Kier molecular flexibility index (Phi) is 5.60. The van der Waals surface area contributed by atoms with Crippen LogP contribution in [-0.4, -0.2) is 23.3 Å². The van der Waals surface area contributed by atoms with Gasteiger partial charge in [-0.3, -0.25) is 4.79 Å². The second-order valence-electron chi connectivity index (χ2n) is 5.70. The molecule has 0 aliphatic heterocycles. The number of thiazole rings is 1. The molecular weight excluding hydrogens is 352 g/mol. The summed E-state index contributed by atoms with van der Waals surface area (Å²) < 4.78 is 7.48. The van der Waals surface area contributed by atoms with E-state index in [9.17, 15) is 4.79 Å². The normalized spacial score (nSPS) is 10.8. The molecule has 0 fully saturated rings. The van der Waals surface area contributed by atoms with E-state index < -0.39 is 0 Å². The van der Waals surface area contributed by atoms with Crippen LogP contribution in [0.15, 0.2) is 40.7 Å². The van der Waals surface area contributed by atoms with Gasteiger partial charge in [0.1, 0.15) is 5.75 Å². The minimum absolute atomic E-state index is 0.0204. The fraction of sp³-hybridized carbons (Fsp3) is 0.263. The average Bonchev–Trinajstić information content (AvgIpc) is 2.99. The van der Waals surface area contributed by atoms with Crippen LogP contribution in [0.3, 0.4) is 0 Å². The molecule has 0 unspecified atom stereocenters. The van der Waals surface area contributed by atoms with Gasteiger partial charge < -0.3 is 10.1 Å². The van der Waals surface area contributed by atoms with Crippen LogP contribution in [0.5, 0.6) is 5.75 Å². The van der Waals surface area contributed by atoms with Crippen LogP contribution in [0.25, 0.3) is 10.2 Å². The molecule has 0 saturated carbocycles. The van der Waals surface area contributed by atoms with Crippen LogP contribution in [0, 0.1) is 13.8 Å². The molecule has 0 radical (unpaired) electrons. The minimum Gasteiger partial charge on any atom is -0.494 e. The number of benzene rings is 2. The van der Waals surface area contributed by atoms with E-state index in [1.807, 2.05) is 57.2 Å². The van der Waals surface area contributed by atoms with Crippen LogP contribution in [0.1, 0.15) is 18.1 Å². The SMILES string of the molecule is CCOc1ccc2nc(SCC(=O)Nc3cc(C)ccc3C)sc2c1. The maximum absolute atomic E-state index is 12.2. The standard InChI is InChI=1S/C19H20N2O2S2/c1-4-23-14-7-8-15-17(10-14)25-19(21-15)24-11-18(22)20-16-9-12(2)5-6-13(16)3/h5-10H,4,11H2,1-3H3,(H,20,22). The molecule has 0 bridgehead atoms. The Labute approximate surface area is 155 Å². The molecule has 1 aromatic heterocycles. The van der Waals surface area contributed by atoms with Crippen molar-refractivity contribution in [3.05, 3.63) is 47.5 Å². The number of amides is 1. The van der Waals surface area contributed by atoms with Gasteiger partial charge in [-0.05, 0) is 56.2 Å². The Morgan fingerprint density at radius 3 is 2.88 bits per heavy atom. The smallest absolute Gasteiger partial charge is 0.234 e. The molecule has 0 saturated heterocycles. The molecule has 3 aromatic rings. The van der Waals surface area contributed by atoms with E-state index >= 15 is 0 Å². The van der Waals surface area contributed by atoms with Crippen LogP contribution in [0.2, 0.25) is 0 Å². The van der Waals surface area contributed by atoms with Gasteiger partial charge in [-0.15, -0.1) is 11.3 Å². The number of aromatic nitrogens is 1. The van der Waals surface area contributed by atoms with Crippen LogP contribution < -0.4 is 10.1 Å². The molecule has 0 spiro atoms. The van der Waals surface area contributed by atoms with Crippen molar-refractivity contribution in [2.75, 3.05) is 17.7 Å². The molecule has 4 nitrogen and oxygen atoms in total. The van der Waals surface area contributed by atoms with Crippen molar-refractivity contribution in [1.29, 1.82) is 0 Å². The van der Waals surface area contributed by atoms with Crippen LogP contribution in [-0.2, 0) is 4.79 Å². The molecule has 130 valence electrons. The Hall–Kier alpha value is -2.05. The Morgan fingerprint density at radius 2 is 2.08 bits per heavy atom. The lowest BCUT2D eigenvalue weighted by molar-refractivity contribution is -0.113. The number of aryl methyl sites for hydroxylation is 2. The fourth-order valence-corrected chi connectivity index (χ4v) is 4.28. The Morgan fingerprint density at radius 1 is 1.24 bits per heavy atom. The Balaban J connectivity index is 1.63. The number of fused-ring (bicyclic) bond motifs is 1. The van der Waals surface area contributed by atoms with Crippen molar-refractivity contribution in [2.24, 2.45) is 0 Å². The highest BCUT2D eigenvalue weighted by atomic mass is 32.2. The summed E-state index contributed by atoms with van der Waals surface area (Å²) in [5.41, 5.74) is 4.00. The summed E-state index contributed by atoms with van der Waals surface area (Å²) in [5.74, 6) is 1.17. The van der Waals surface area contributed by atoms with Crippen molar-refractivity contribution >= 4 is 44.9 Å². The second kappa shape index (κ2) is 7.89. The number of hydrogen-bond donors (Lipinski definition) is 1. The summed E-state index contributed by atoms with van der Waals surface area (Å²) >= 11 is 3.04. The van der Waals surface area contributed by atoms with Crippen molar-refractivity contribution in [1.82, 2.24) is 4.98 Å². The number of ether oxygens (including phenoxy) is 1. The van der Waals surface area contributed by atoms with Crippen molar-refractivity contribution in [3.8, 4) is 5.75 Å². The molecule has 25 heavy (non-hydrogen) atoms. The number of anilines is 1. The highest BCUT2D eigenvalue weighted by Gasteiger charge is 2.10. The van der Waals surface area contributed by atoms with E-state index in [1.54, 1.807) is 11.3 Å². The van der Waals surface area contributed by atoms with E-state index in [0.717, 1.165) is 37.1 Å². The van der Waals surface area contributed by atoms with Crippen molar-refractivity contribution in [3.63, 3.8) is 0 Å². The number of hydrogen-bond acceptors (Lipinski definition) is 5. The zero-order valence-corrected chi connectivity index (χ0v) is 16.1. The number of thioether (sulfide) groups is 1. The zero-order valence-electron chi connectivity index (χ0n) is 14.5. The largest absolute Gasteiger partial charge is 0.494 e. The molecule has 1 N–H and O–H groups in total. The maximum Gasteiger partial charge on any atom is 0.234 e. The van der Waals surface area contributed by atoms with Crippen LogP contribution in [0.4, 0.5) is 5.69 Å². The topological polar surface area (TPSA) is 51.2 Å². The van der Waals surface area contributed by atoms with E-state index in [1.165, 1.54) is 11.8 Å². The molecule has 3 rings (SSSR count). The first-order chi connectivity index (χ1) is 12.0. The lowest BCUT2D eigenvalue weighted by atomic mass is 10.1. The summed E-state index contributed by atoms with van der Waals surface area (Å²) in [5, 5.41) is 2.98. The highest BCUT2D eigenvalue weighted by Crippen LogP contribution is 2.32. The highest BCUT2D eigenvalue weighted by molar-refractivity contribution is 8.01. The number of carbonyl (C=O) groups excluding carboxylic acids is 1. The summed E-state index contributed by atoms with van der Waals surface area (Å²) in [6.07, 6.45) is 0. The summed E-state index contributed by atoms with van der Waals surface area (Å²) in [6.45, 7) is 6.62. The van der Waals surface area contributed by atoms with Gasteiger partial charge in [0.15, 0.2) is 4.34 Å². The summed E-state index contributed by atoms with van der Waals surface area (Å²) in [6, 6.07) is 11.9. The second-order valence-corrected chi connectivity index (χ2v) is 7.95. The number of nitrogens with zero attached hydrogens (tertiary/aromatic N) is 1. The first kappa shape index (κ1) is 17.8. The van der Waals surface area contributed by atoms with Gasteiger partial charge in [0.2, 0.25) is 5.91 Å². The quantitative estimate of drug-likeness (QED) is 0.616. The van der Waals surface area contributed by atoms with Gasteiger partial charge in [0.25, 0.3) is 0 Å². The minimum atomic E-state index is -0.0204. The van der Waals surface area contributed by atoms with Gasteiger partial charge in [-0.2, -0.15) is 0 Å². The van der Waals surface area contributed by atoms with E-state index in [2.05, 4.69) is 10.3 Å². The Bertz CT molecular complexity index is 906. The third-order valence-corrected chi connectivity index (χ3v) is 5.81. The molecule has 1 heterocycles. The van der Waals surface area contributed by atoms with E-state index in [-0.39, 0.29) is 5.91 Å². The first-order valence-electron chi connectivity index (χ1n) is 8.08. The first-order valence-corrected chi connectivity index (χ1v) is 9.88. The van der Waals surface area contributed by atoms with Crippen LogP contribution >= 0.6 is 23.1 Å². The molecule has 2 aromatic carbocycles. The lowest BCUT2D eigenvalue weighted by Crippen LogP contribution is -2.14. The number of nitrogens with one attached hydrogen (secondary N) is 1. The predicted molar refractivity (Wildman–Crippen MR) is 106 cm³/mol. The summed E-state index contributed by atoms with van der Waals surface area (Å²) in [4.78, 5) is 16.8. The monoisotopic (exact) mass is 372 g/mol. The molecule has 0 aliphatic rings. The molecule has 0 atom stereocenters. The maximum atomic E-state index is 12.2. The molecule has 1 amide bonds. The fourth-order valence-electron chi connectivity index (χ4n) is 2.39. The van der Waals surface area contributed by atoms with Gasteiger partial charge in [-0.25, -0.2) is 4.98 Å². The average molecular weight is 373 g/mol. The van der Waals surface area contributed by atoms with Crippen molar-refractivity contribution < 1.29 is 9.53 Å².